The molecule has 5 nitrogen and oxygen atoms in total. The van der Waals surface area contributed by atoms with E-state index < -0.39 is 0 Å². The summed E-state index contributed by atoms with van der Waals surface area (Å²) in [4.78, 5) is 4.22. The minimum Gasteiger partial charge on any atom is -0.330 e. The largest absolute Gasteiger partial charge is 0.330 e. The lowest BCUT2D eigenvalue weighted by atomic mass is 10.4. The molecule has 2 heterocycles. The van der Waals surface area contributed by atoms with E-state index in [9.17, 15) is 0 Å². The van der Waals surface area contributed by atoms with Gasteiger partial charge in [0.05, 0.1) is 17.7 Å². The summed E-state index contributed by atoms with van der Waals surface area (Å²) < 4.78 is 4.11. The fourth-order valence-electron chi connectivity index (χ4n) is 2.03. The van der Waals surface area contributed by atoms with Gasteiger partial charge in [-0.05, 0) is 18.9 Å². The smallest absolute Gasteiger partial charge is 0.0951 e. The molecule has 0 unspecified atom stereocenters. The first-order chi connectivity index (χ1) is 8.33. The molecule has 1 fully saturated rings. The van der Waals surface area contributed by atoms with Gasteiger partial charge in [-0.1, -0.05) is 0 Å². The Hall–Kier alpha value is -1.62. The van der Waals surface area contributed by atoms with Crippen LogP contribution < -0.4 is 5.32 Å². The number of aromatic nitrogens is 4. The van der Waals surface area contributed by atoms with Crippen molar-refractivity contribution in [3.8, 4) is 0 Å². The molecule has 0 aliphatic heterocycles. The first-order valence-corrected chi connectivity index (χ1v) is 6.03. The van der Waals surface area contributed by atoms with E-state index in [0.29, 0.717) is 6.04 Å². The van der Waals surface area contributed by atoms with Crippen LogP contribution in [0.5, 0.6) is 0 Å². The van der Waals surface area contributed by atoms with E-state index in [1.165, 1.54) is 18.5 Å². The zero-order valence-corrected chi connectivity index (χ0v) is 10.0. The summed E-state index contributed by atoms with van der Waals surface area (Å²) in [6.45, 7) is 1.66. The van der Waals surface area contributed by atoms with E-state index >= 15 is 0 Å². The van der Waals surface area contributed by atoms with Gasteiger partial charge in [-0.3, -0.25) is 4.68 Å². The summed E-state index contributed by atoms with van der Waals surface area (Å²) in [7, 11) is 1.94. The summed E-state index contributed by atoms with van der Waals surface area (Å²) in [6.07, 6.45) is 8.44. The van der Waals surface area contributed by atoms with Crippen LogP contribution in [0.2, 0.25) is 0 Å². The Morgan fingerprint density at radius 3 is 3.00 bits per heavy atom. The molecule has 0 amide bonds. The van der Waals surface area contributed by atoms with Gasteiger partial charge >= 0.3 is 0 Å². The molecule has 90 valence electrons. The van der Waals surface area contributed by atoms with E-state index in [0.717, 1.165) is 18.8 Å². The first-order valence-electron chi connectivity index (χ1n) is 6.03. The Morgan fingerprint density at radius 1 is 1.41 bits per heavy atom. The summed E-state index contributed by atoms with van der Waals surface area (Å²) >= 11 is 0. The molecule has 0 radical (unpaired) electrons. The molecule has 3 rings (SSSR count). The van der Waals surface area contributed by atoms with Crippen LogP contribution >= 0.6 is 0 Å². The monoisotopic (exact) mass is 231 g/mol. The van der Waals surface area contributed by atoms with Crippen molar-refractivity contribution in [1.29, 1.82) is 0 Å². The van der Waals surface area contributed by atoms with Crippen LogP contribution in [0.3, 0.4) is 0 Å². The van der Waals surface area contributed by atoms with Crippen molar-refractivity contribution < 1.29 is 0 Å². The van der Waals surface area contributed by atoms with Gasteiger partial charge in [0.1, 0.15) is 0 Å². The minimum absolute atomic E-state index is 0.698. The highest BCUT2D eigenvalue weighted by atomic mass is 15.3. The molecule has 1 N–H and O–H groups in total. The Labute approximate surface area is 100 Å². The van der Waals surface area contributed by atoms with Gasteiger partial charge in [-0.25, -0.2) is 4.98 Å². The van der Waals surface area contributed by atoms with Gasteiger partial charge in [-0.2, -0.15) is 5.10 Å². The average molecular weight is 231 g/mol. The van der Waals surface area contributed by atoms with Gasteiger partial charge in [-0.15, -0.1) is 0 Å². The Balaban J connectivity index is 1.55. The van der Waals surface area contributed by atoms with Crippen LogP contribution in [0.4, 0.5) is 0 Å². The predicted octanol–water partition coefficient (Wildman–Crippen LogP) is 1.24. The highest BCUT2D eigenvalue weighted by Crippen LogP contribution is 2.35. The maximum absolute atomic E-state index is 4.33. The number of rotatable bonds is 5. The average Bonchev–Trinajstić information content (AvgIpc) is 2.92. The van der Waals surface area contributed by atoms with E-state index in [4.69, 9.17) is 0 Å². The molecule has 1 saturated carbocycles. The molecule has 5 heteroatoms. The van der Waals surface area contributed by atoms with Crippen molar-refractivity contribution >= 4 is 0 Å². The molecular formula is C12H17N5. The molecule has 0 aromatic carbocycles. The molecule has 2 aromatic heterocycles. The number of aryl methyl sites for hydroxylation is 1. The summed E-state index contributed by atoms with van der Waals surface area (Å²) in [6, 6.07) is 2.73. The standard InChI is InChI=1S/C12H17N5/c1-16-5-4-10(15-16)6-13-7-12-8-14-9-17(12)11-2-3-11/h4-5,8-9,11,13H,2-3,6-7H2,1H3. The molecule has 0 spiro atoms. The van der Waals surface area contributed by atoms with Crippen LogP contribution in [0.1, 0.15) is 30.3 Å². The Morgan fingerprint density at radius 2 is 2.29 bits per heavy atom. The third-order valence-electron chi connectivity index (χ3n) is 3.07. The second-order valence-electron chi connectivity index (χ2n) is 4.61. The predicted molar refractivity (Wildman–Crippen MR) is 64.2 cm³/mol. The number of nitrogens with zero attached hydrogens (tertiary/aromatic N) is 4. The number of hydrogen-bond donors (Lipinski definition) is 1. The second-order valence-corrected chi connectivity index (χ2v) is 4.61. The lowest BCUT2D eigenvalue weighted by Crippen LogP contribution is -2.15. The molecule has 1 aliphatic rings. The minimum atomic E-state index is 0.698. The van der Waals surface area contributed by atoms with Crippen LogP contribution in [-0.4, -0.2) is 19.3 Å². The maximum Gasteiger partial charge on any atom is 0.0951 e. The summed E-state index contributed by atoms with van der Waals surface area (Å²) in [5.74, 6) is 0. The summed E-state index contributed by atoms with van der Waals surface area (Å²) in [5.41, 5.74) is 2.34. The maximum atomic E-state index is 4.33. The van der Waals surface area contributed by atoms with Crippen LogP contribution in [-0.2, 0) is 20.1 Å². The normalized spacial score (nSPS) is 15.4. The number of nitrogens with one attached hydrogen (secondary N) is 1. The van der Waals surface area contributed by atoms with Gasteiger partial charge < -0.3 is 9.88 Å². The molecule has 1 aliphatic carbocycles. The lowest BCUT2D eigenvalue weighted by molar-refractivity contribution is 0.608. The van der Waals surface area contributed by atoms with E-state index in [1.54, 1.807) is 0 Å². The topological polar surface area (TPSA) is 47.7 Å². The molecule has 0 bridgehead atoms. The lowest BCUT2D eigenvalue weighted by Gasteiger charge is -2.06. The third kappa shape index (κ3) is 2.39. The fourth-order valence-corrected chi connectivity index (χ4v) is 2.03. The quantitative estimate of drug-likeness (QED) is 0.842. The highest BCUT2D eigenvalue weighted by molar-refractivity contribution is 5.04. The van der Waals surface area contributed by atoms with Crippen molar-refractivity contribution in [2.75, 3.05) is 0 Å². The Bertz CT molecular complexity index is 494. The van der Waals surface area contributed by atoms with Crippen molar-refractivity contribution in [2.45, 2.75) is 32.0 Å². The zero-order chi connectivity index (χ0) is 11.7. The van der Waals surface area contributed by atoms with Gasteiger partial charge in [0.25, 0.3) is 0 Å². The van der Waals surface area contributed by atoms with Crippen LogP contribution in [0.15, 0.2) is 24.8 Å². The van der Waals surface area contributed by atoms with Gasteiger partial charge in [0, 0.05) is 38.6 Å². The fraction of sp³-hybridized carbons (Fsp3) is 0.500. The second kappa shape index (κ2) is 4.33. The van der Waals surface area contributed by atoms with Crippen molar-refractivity contribution in [3.63, 3.8) is 0 Å². The third-order valence-corrected chi connectivity index (χ3v) is 3.07. The molecule has 0 saturated heterocycles. The highest BCUT2D eigenvalue weighted by Gasteiger charge is 2.24. The Kier molecular flexibility index (Phi) is 2.68. The number of hydrogen-bond acceptors (Lipinski definition) is 3. The van der Waals surface area contributed by atoms with Gasteiger partial charge in [0.2, 0.25) is 0 Å². The van der Waals surface area contributed by atoms with E-state index in [2.05, 4.69) is 20.0 Å². The SMILES string of the molecule is Cn1ccc(CNCc2cncn2C2CC2)n1. The zero-order valence-electron chi connectivity index (χ0n) is 10.0. The number of imidazole rings is 1. The first kappa shape index (κ1) is 10.5. The molecular weight excluding hydrogens is 214 g/mol. The summed E-state index contributed by atoms with van der Waals surface area (Å²) in [5, 5.41) is 7.73. The van der Waals surface area contributed by atoms with Crippen molar-refractivity contribution in [2.24, 2.45) is 7.05 Å². The van der Waals surface area contributed by atoms with Gasteiger partial charge in [0.15, 0.2) is 0 Å². The van der Waals surface area contributed by atoms with Crippen molar-refractivity contribution in [1.82, 2.24) is 24.6 Å². The molecule has 2 aromatic rings. The van der Waals surface area contributed by atoms with E-state index in [1.807, 2.05) is 36.5 Å². The molecule has 17 heavy (non-hydrogen) atoms. The molecule has 0 atom stereocenters. The van der Waals surface area contributed by atoms with Crippen LogP contribution in [0.25, 0.3) is 0 Å². The van der Waals surface area contributed by atoms with E-state index in [-0.39, 0.29) is 0 Å². The van der Waals surface area contributed by atoms with Crippen LogP contribution in [0, 0.1) is 0 Å². The van der Waals surface area contributed by atoms with Crippen molar-refractivity contribution in [3.05, 3.63) is 36.2 Å².